The van der Waals surface area contributed by atoms with Crippen LogP contribution in [-0.2, 0) is 6.61 Å². The Bertz CT molecular complexity index is 355. The lowest BCUT2D eigenvalue weighted by Gasteiger charge is -2.16. The molecule has 0 spiro atoms. The standard InChI is InChI=1S/C13H21NO3/c1-3-9(2)14-7-13(17)10-4-5-12(16)11(6-10)8-15/h4-6,9,13-17H,3,7-8H2,1-2H3. The van der Waals surface area contributed by atoms with E-state index in [1.54, 1.807) is 12.1 Å². The normalized spacial score (nSPS) is 14.6. The van der Waals surface area contributed by atoms with Crippen LogP contribution in [0.15, 0.2) is 18.2 Å². The second-order valence-electron chi connectivity index (χ2n) is 4.28. The van der Waals surface area contributed by atoms with E-state index in [0.717, 1.165) is 6.42 Å². The Kier molecular flexibility index (Phi) is 5.41. The van der Waals surface area contributed by atoms with Crippen molar-refractivity contribution in [3.05, 3.63) is 29.3 Å². The molecule has 4 heteroatoms. The molecule has 0 aliphatic carbocycles. The number of aliphatic hydroxyl groups excluding tert-OH is 2. The first-order valence-electron chi connectivity index (χ1n) is 5.92. The number of aromatic hydroxyl groups is 1. The number of hydrogen-bond donors (Lipinski definition) is 4. The average molecular weight is 239 g/mol. The molecule has 0 fully saturated rings. The van der Waals surface area contributed by atoms with E-state index in [4.69, 9.17) is 5.11 Å². The Balaban J connectivity index is 2.65. The van der Waals surface area contributed by atoms with Crippen molar-refractivity contribution in [2.45, 2.75) is 39.0 Å². The zero-order chi connectivity index (χ0) is 12.8. The van der Waals surface area contributed by atoms with Gasteiger partial charge < -0.3 is 20.6 Å². The van der Waals surface area contributed by atoms with E-state index in [9.17, 15) is 10.2 Å². The van der Waals surface area contributed by atoms with E-state index in [2.05, 4.69) is 19.2 Å². The monoisotopic (exact) mass is 239 g/mol. The van der Waals surface area contributed by atoms with Crippen molar-refractivity contribution in [1.82, 2.24) is 5.32 Å². The Hall–Kier alpha value is -1.10. The van der Waals surface area contributed by atoms with Crippen LogP contribution >= 0.6 is 0 Å². The predicted molar refractivity (Wildman–Crippen MR) is 66.7 cm³/mol. The van der Waals surface area contributed by atoms with Crippen LogP contribution in [0, 0.1) is 0 Å². The van der Waals surface area contributed by atoms with Crippen molar-refractivity contribution in [1.29, 1.82) is 0 Å². The fraction of sp³-hybridized carbons (Fsp3) is 0.538. The maximum atomic E-state index is 9.95. The Morgan fingerprint density at radius 3 is 2.65 bits per heavy atom. The van der Waals surface area contributed by atoms with Gasteiger partial charge in [0.15, 0.2) is 0 Å². The van der Waals surface area contributed by atoms with Crippen molar-refractivity contribution < 1.29 is 15.3 Å². The highest BCUT2D eigenvalue weighted by atomic mass is 16.3. The van der Waals surface area contributed by atoms with Crippen molar-refractivity contribution in [3.63, 3.8) is 0 Å². The number of nitrogens with one attached hydrogen (secondary N) is 1. The average Bonchev–Trinajstić information content (AvgIpc) is 2.35. The summed E-state index contributed by atoms with van der Waals surface area (Å²) >= 11 is 0. The summed E-state index contributed by atoms with van der Waals surface area (Å²) in [6, 6.07) is 5.14. The second kappa shape index (κ2) is 6.59. The lowest BCUT2D eigenvalue weighted by atomic mass is 10.0. The first-order chi connectivity index (χ1) is 8.08. The highest BCUT2D eigenvalue weighted by Gasteiger charge is 2.11. The minimum atomic E-state index is -0.630. The van der Waals surface area contributed by atoms with Crippen LogP contribution in [0.1, 0.15) is 37.5 Å². The lowest BCUT2D eigenvalue weighted by Crippen LogP contribution is -2.29. The van der Waals surface area contributed by atoms with Crippen LogP contribution in [0.3, 0.4) is 0 Å². The summed E-state index contributed by atoms with van der Waals surface area (Å²) in [6.45, 7) is 4.37. The third-order valence-corrected chi connectivity index (χ3v) is 2.93. The number of hydrogen-bond acceptors (Lipinski definition) is 4. The van der Waals surface area contributed by atoms with Gasteiger partial charge in [-0.15, -0.1) is 0 Å². The maximum Gasteiger partial charge on any atom is 0.121 e. The van der Waals surface area contributed by atoms with Gasteiger partial charge in [0.1, 0.15) is 5.75 Å². The highest BCUT2D eigenvalue weighted by molar-refractivity contribution is 5.36. The van der Waals surface area contributed by atoms with E-state index < -0.39 is 6.10 Å². The van der Waals surface area contributed by atoms with Crippen molar-refractivity contribution >= 4 is 0 Å². The topological polar surface area (TPSA) is 72.7 Å². The molecule has 0 radical (unpaired) electrons. The molecule has 96 valence electrons. The fourth-order valence-electron chi connectivity index (χ4n) is 1.51. The van der Waals surface area contributed by atoms with Crippen LogP contribution in [-0.4, -0.2) is 27.9 Å². The molecule has 0 bridgehead atoms. The molecule has 0 heterocycles. The third-order valence-electron chi connectivity index (χ3n) is 2.93. The zero-order valence-corrected chi connectivity index (χ0v) is 10.3. The third kappa shape index (κ3) is 4.00. The van der Waals surface area contributed by atoms with E-state index in [1.807, 2.05) is 0 Å². The summed E-state index contributed by atoms with van der Waals surface area (Å²) in [5.41, 5.74) is 1.13. The second-order valence-corrected chi connectivity index (χ2v) is 4.28. The molecule has 0 amide bonds. The molecule has 0 aliphatic heterocycles. The van der Waals surface area contributed by atoms with Gasteiger partial charge in [0.25, 0.3) is 0 Å². The minimum Gasteiger partial charge on any atom is -0.508 e. The minimum absolute atomic E-state index is 0.0540. The SMILES string of the molecule is CCC(C)NCC(O)c1ccc(O)c(CO)c1. The van der Waals surface area contributed by atoms with Gasteiger partial charge in [0.05, 0.1) is 12.7 Å². The Morgan fingerprint density at radius 2 is 2.06 bits per heavy atom. The first kappa shape index (κ1) is 14.0. The van der Waals surface area contributed by atoms with Crippen LogP contribution < -0.4 is 5.32 Å². The van der Waals surface area contributed by atoms with Crippen LogP contribution in [0.2, 0.25) is 0 Å². The van der Waals surface area contributed by atoms with Gasteiger partial charge in [0.2, 0.25) is 0 Å². The Morgan fingerprint density at radius 1 is 1.35 bits per heavy atom. The van der Waals surface area contributed by atoms with E-state index in [-0.39, 0.29) is 12.4 Å². The molecule has 2 unspecified atom stereocenters. The highest BCUT2D eigenvalue weighted by Crippen LogP contribution is 2.22. The molecule has 2 atom stereocenters. The predicted octanol–water partition coefficient (Wildman–Crippen LogP) is 1.31. The van der Waals surface area contributed by atoms with Gasteiger partial charge in [-0.2, -0.15) is 0 Å². The maximum absolute atomic E-state index is 9.95. The molecule has 0 aliphatic rings. The van der Waals surface area contributed by atoms with E-state index in [0.29, 0.717) is 23.7 Å². The van der Waals surface area contributed by atoms with Crippen LogP contribution in [0.4, 0.5) is 0 Å². The summed E-state index contributed by atoms with van der Waals surface area (Å²) in [5.74, 6) is 0.0540. The van der Waals surface area contributed by atoms with Gasteiger partial charge in [0, 0.05) is 18.2 Å². The van der Waals surface area contributed by atoms with Gasteiger partial charge in [-0.1, -0.05) is 13.0 Å². The largest absolute Gasteiger partial charge is 0.508 e. The van der Waals surface area contributed by atoms with Crippen molar-refractivity contribution in [2.75, 3.05) is 6.54 Å². The molecular weight excluding hydrogens is 218 g/mol. The van der Waals surface area contributed by atoms with Crippen LogP contribution in [0.25, 0.3) is 0 Å². The lowest BCUT2D eigenvalue weighted by molar-refractivity contribution is 0.170. The molecule has 17 heavy (non-hydrogen) atoms. The molecular formula is C13H21NO3. The van der Waals surface area contributed by atoms with E-state index >= 15 is 0 Å². The number of rotatable bonds is 6. The fourth-order valence-corrected chi connectivity index (χ4v) is 1.51. The van der Waals surface area contributed by atoms with Crippen molar-refractivity contribution in [3.8, 4) is 5.75 Å². The van der Waals surface area contributed by atoms with Gasteiger partial charge >= 0.3 is 0 Å². The Labute approximate surface area is 102 Å². The number of benzene rings is 1. The summed E-state index contributed by atoms with van der Waals surface area (Å²) in [5, 5.41) is 31.6. The molecule has 1 aromatic rings. The van der Waals surface area contributed by atoms with Gasteiger partial charge in [-0.3, -0.25) is 0 Å². The van der Waals surface area contributed by atoms with Gasteiger partial charge in [-0.05, 0) is 31.0 Å². The van der Waals surface area contributed by atoms with E-state index in [1.165, 1.54) is 6.07 Å². The first-order valence-corrected chi connectivity index (χ1v) is 5.92. The molecule has 0 saturated carbocycles. The molecule has 0 aromatic heterocycles. The zero-order valence-electron chi connectivity index (χ0n) is 10.3. The van der Waals surface area contributed by atoms with Gasteiger partial charge in [-0.25, -0.2) is 0 Å². The summed E-state index contributed by atoms with van der Waals surface area (Å²) < 4.78 is 0. The molecule has 4 N–H and O–H groups in total. The number of aliphatic hydroxyl groups is 2. The quantitative estimate of drug-likeness (QED) is 0.604. The summed E-state index contributed by atoms with van der Waals surface area (Å²) in [7, 11) is 0. The number of phenols is 1. The molecule has 4 nitrogen and oxygen atoms in total. The smallest absolute Gasteiger partial charge is 0.121 e. The molecule has 1 rings (SSSR count). The molecule has 1 aromatic carbocycles. The van der Waals surface area contributed by atoms with Crippen LogP contribution in [0.5, 0.6) is 5.75 Å². The van der Waals surface area contributed by atoms with Crippen molar-refractivity contribution in [2.24, 2.45) is 0 Å². The molecule has 0 saturated heterocycles. The summed E-state index contributed by atoms with van der Waals surface area (Å²) in [6.07, 6.45) is 0.374. The summed E-state index contributed by atoms with van der Waals surface area (Å²) in [4.78, 5) is 0.